The van der Waals surface area contributed by atoms with Crippen LogP contribution in [0.1, 0.15) is 19.4 Å². The number of hydrogen-bond acceptors (Lipinski definition) is 3. The lowest BCUT2D eigenvalue weighted by molar-refractivity contribution is 0.284. The number of aromatic nitrogens is 2. The van der Waals surface area contributed by atoms with Gasteiger partial charge in [-0.25, -0.2) is 0 Å². The fourth-order valence-corrected chi connectivity index (χ4v) is 3.49. The van der Waals surface area contributed by atoms with Gasteiger partial charge >= 0.3 is 0 Å². The number of aryl methyl sites for hydroxylation is 1. The van der Waals surface area contributed by atoms with Crippen molar-refractivity contribution in [2.45, 2.75) is 33.9 Å². The predicted octanol–water partition coefficient (Wildman–Crippen LogP) is 3.65. The molecule has 27 heavy (non-hydrogen) atoms. The first-order chi connectivity index (χ1) is 13.2. The molecule has 1 aromatic heterocycles. The molecule has 1 N–H and O–H groups in total. The van der Waals surface area contributed by atoms with Gasteiger partial charge in [0.25, 0.3) is 0 Å². The Hall–Kier alpha value is -2.53. The first-order valence-corrected chi connectivity index (χ1v) is 9.79. The van der Waals surface area contributed by atoms with Crippen molar-refractivity contribution in [1.82, 2.24) is 14.0 Å². The molecule has 0 fully saturated rings. The molecule has 0 aliphatic rings. The van der Waals surface area contributed by atoms with Crippen LogP contribution in [-0.2, 0) is 13.1 Å². The van der Waals surface area contributed by atoms with E-state index in [1.807, 2.05) is 30.3 Å². The summed E-state index contributed by atoms with van der Waals surface area (Å²) in [6.07, 6.45) is 0. The summed E-state index contributed by atoms with van der Waals surface area (Å²) in [4.78, 5) is 2.39. The van der Waals surface area contributed by atoms with E-state index in [1.54, 1.807) is 0 Å². The first-order valence-electron chi connectivity index (χ1n) is 9.79. The number of hydrogen-bond donors (Lipinski definition) is 1. The number of ether oxygens (including phenoxy) is 1. The average Bonchev–Trinajstić information content (AvgIpc) is 2.96. The van der Waals surface area contributed by atoms with Gasteiger partial charge in [0.2, 0.25) is 5.62 Å². The second-order valence-corrected chi connectivity index (χ2v) is 6.76. The van der Waals surface area contributed by atoms with Gasteiger partial charge in [0.15, 0.2) is 0 Å². The highest BCUT2D eigenvalue weighted by Gasteiger charge is 2.11. The Labute approximate surface area is 161 Å². The Morgan fingerprint density at radius 3 is 2.11 bits per heavy atom. The summed E-state index contributed by atoms with van der Waals surface area (Å²) < 4.78 is 10.1. The van der Waals surface area contributed by atoms with E-state index in [4.69, 9.17) is 10.1 Å². The van der Waals surface area contributed by atoms with Crippen molar-refractivity contribution in [2.24, 2.45) is 0 Å². The van der Waals surface area contributed by atoms with Crippen molar-refractivity contribution in [3.05, 3.63) is 59.7 Å². The Morgan fingerprint density at radius 2 is 1.48 bits per heavy atom. The second-order valence-electron chi connectivity index (χ2n) is 6.76. The standard InChI is InChI=1S/C22H30N4O/c1-4-24(5-2)14-15-25-19-11-7-8-12-20(19)26(22(25)23)16-17-27-21-13-9-6-10-18(21)3/h6-13,23H,4-5,14-17H2,1-3H3. The molecule has 0 aliphatic heterocycles. The van der Waals surface area contributed by atoms with E-state index in [-0.39, 0.29) is 0 Å². The number of rotatable bonds is 9. The maximum absolute atomic E-state index is 8.71. The van der Waals surface area contributed by atoms with Crippen LogP contribution < -0.4 is 10.4 Å². The van der Waals surface area contributed by atoms with Gasteiger partial charge in [-0.2, -0.15) is 0 Å². The molecule has 0 amide bonds. The van der Waals surface area contributed by atoms with Gasteiger partial charge in [-0.15, -0.1) is 0 Å². The molecule has 0 spiro atoms. The number of nitrogens with one attached hydrogen (secondary N) is 1. The Morgan fingerprint density at radius 1 is 0.889 bits per heavy atom. The number of likely N-dealkylation sites (N-methyl/N-ethyl adjacent to an activating group) is 1. The molecular formula is C22H30N4O. The highest BCUT2D eigenvalue weighted by atomic mass is 16.5. The third kappa shape index (κ3) is 4.25. The number of imidazole rings is 1. The van der Waals surface area contributed by atoms with Gasteiger partial charge in [-0.1, -0.05) is 44.2 Å². The smallest absolute Gasteiger partial charge is 0.203 e. The van der Waals surface area contributed by atoms with E-state index < -0.39 is 0 Å². The lowest BCUT2D eigenvalue weighted by atomic mass is 10.2. The molecule has 0 atom stereocenters. The summed E-state index contributed by atoms with van der Waals surface area (Å²) in [5, 5.41) is 8.71. The van der Waals surface area contributed by atoms with Crippen LogP contribution in [0.3, 0.4) is 0 Å². The molecule has 0 bridgehead atoms. The lowest BCUT2D eigenvalue weighted by Crippen LogP contribution is -2.32. The zero-order valence-electron chi connectivity index (χ0n) is 16.6. The average molecular weight is 367 g/mol. The fraction of sp³-hybridized carbons (Fsp3) is 0.409. The van der Waals surface area contributed by atoms with Crippen LogP contribution in [0.5, 0.6) is 5.75 Å². The molecule has 1 heterocycles. The van der Waals surface area contributed by atoms with Gasteiger partial charge in [0.1, 0.15) is 12.4 Å². The van der Waals surface area contributed by atoms with Crippen LogP contribution in [0.4, 0.5) is 0 Å². The SMILES string of the molecule is CCN(CC)CCn1c(=N)n(CCOc2ccccc2C)c2ccccc21. The van der Waals surface area contributed by atoms with Crippen molar-refractivity contribution in [1.29, 1.82) is 5.41 Å². The summed E-state index contributed by atoms with van der Waals surface area (Å²) in [5.41, 5.74) is 3.88. The van der Waals surface area contributed by atoms with Gasteiger partial charge in [0.05, 0.1) is 17.6 Å². The van der Waals surface area contributed by atoms with Crippen molar-refractivity contribution in [3.63, 3.8) is 0 Å². The van der Waals surface area contributed by atoms with E-state index in [0.717, 1.165) is 48.5 Å². The van der Waals surface area contributed by atoms with Crippen molar-refractivity contribution < 1.29 is 4.74 Å². The van der Waals surface area contributed by atoms with Crippen LogP contribution in [0.15, 0.2) is 48.5 Å². The molecular weight excluding hydrogens is 336 g/mol. The second kappa shape index (κ2) is 8.91. The monoisotopic (exact) mass is 366 g/mol. The van der Waals surface area contributed by atoms with Crippen molar-refractivity contribution >= 4 is 11.0 Å². The highest BCUT2D eigenvalue weighted by molar-refractivity contribution is 5.75. The van der Waals surface area contributed by atoms with Crippen molar-refractivity contribution in [3.8, 4) is 5.75 Å². The summed E-state index contributed by atoms with van der Waals surface area (Å²) >= 11 is 0. The summed E-state index contributed by atoms with van der Waals surface area (Å²) in [6, 6.07) is 16.3. The lowest BCUT2D eigenvalue weighted by Gasteiger charge is -2.18. The van der Waals surface area contributed by atoms with Gasteiger partial charge in [-0.3, -0.25) is 5.41 Å². The molecule has 2 aromatic carbocycles. The molecule has 3 aromatic rings. The van der Waals surface area contributed by atoms with Crippen LogP contribution in [0, 0.1) is 12.3 Å². The quantitative estimate of drug-likeness (QED) is 0.628. The number of fused-ring (bicyclic) bond motifs is 1. The minimum Gasteiger partial charge on any atom is -0.491 e. The van der Waals surface area contributed by atoms with Crippen LogP contribution in [0.25, 0.3) is 11.0 Å². The first kappa shape index (κ1) is 19.2. The van der Waals surface area contributed by atoms with E-state index in [9.17, 15) is 0 Å². The molecule has 0 saturated heterocycles. The summed E-state index contributed by atoms with van der Waals surface area (Å²) in [7, 11) is 0. The molecule has 0 radical (unpaired) electrons. The Kier molecular flexibility index (Phi) is 6.35. The third-order valence-electron chi connectivity index (χ3n) is 5.17. The van der Waals surface area contributed by atoms with E-state index in [0.29, 0.717) is 18.8 Å². The zero-order valence-corrected chi connectivity index (χ0v) is 16.6. The fourth-order valence-electron chi connectivity index (χ4n) is 3.49. The molecule has 0 saturated carbocycles. The minimum absolute atomic E-state index is 0.539. The molecule has 5 nitrogen and oxygen atoms in total. The zero-order chi connectivity index (χ0) is 19.2. The topological polar surface area (TPSA) is 46.2 Å². The van der Waals surface area contributed by atoms with Crippen LogP contribution >= 0.6 is 0 Å². The highest BCUT2D eigenvalue weighted by Crippen LogP contribution is 2.17. The number of para-hydroxylation sites is 3. The predicted molar refractivity (Wildman–Crippen MR) is 110 cm³/mol. The Balaban J connectivity index is 1.80. The normalized spacial score (nSPS) is 11.4. The van der Waals surface area contributed by atoms with E-state index >= 15 is 0 Å². The summed E-state index contributed by atoms with van der Waals surface area (Å²) in [5.74, 6) is 0.912. The minimum atomic E-state index is 0.539. The Bertz CT molecular complexity index is 937. The largest absolute Gasteiger partial charge is 0.491 e. The van der Waals surface area contributed by atoms with Gasteiger partial charge in [-0.05, 0) is 43.8 Å². The number of benzene rings is 2. The molecule has 0 unspecified atom stereocenters. The molecule has 3 rings (SSSR count). The summed E-state index contributed by atoms with van der Waals surface area (Å²) in [6.45, 7) is 11.5. The van der Waals surface area contributed by atoms with E-state index in [2.05, 4.69) is 53.0 Å². The maximum atomic E-state index is 8.71. The van der Waals surface area contributed by atoms with E-state index in [1.165, 1.54) is 0 Å². The van der Waals surface area contributed by atoms with Crippen LogP contribution in [0.2, 0.25) is 0 Å². The van der Waals surface area contributed by atoms with Crippen LogP contribution in [-0.4, -0.2) is 40.3 Å². The molecule has 5 heteroatoms. The van der Waals surface area contributed by atoms with Gasteiger partial charge < -0.3 is 18.8 Å². The number of nitrogens with zero attached hydrogens (tertiary/aromatic N) is 3. The maximum Gasteiger partial charge on any atom is 0.203 e. The molecule has 144 valence electrons. The van der Waals surface area contributed by atoms with Crippen molar-refractivity contribution in [2.75, 3.05) is 26.2 Å². The molecule has 0 aliphatic carbocycles. The third-order valence-corrected chi connectivity index (χ3v) is 5.17. The van der Waals surface area contributed by atoms with Gasteiger partial charge in [0, 0.05) is 13.1 Å².